The molecule has 4 heterocycles. The lowest BCUT2D eigenvalue weighted by molar-refractivity contribution is 0.122. The number of pyridine rings is 1. The first kappa shape index (κ1) is 24.0. The maximum Gasteiger partial charge on any atom is 0.245 e. The van der Waals surface area contributed by atoms with E-state index < -0.39 is 5.82 Å². The van der Waals surface area contributed by atoms with Gasteiger partial charge in [0, 0.05) is 31.9 Å². The van der Waals surface area contributed by atoms with E-state index in [4.69, 9.17) is 4.74 Å². The molecule has 11 heteroatoms. The Hall–Kier alpha value is -3.67. The van der Waals surface area contributed by atoms with Crippen molar-refractivity contribution in [3.05, 3.63) is 65.4 Å². The molecule has 2 fully saturated rings. The molecule has 1 aromatic carbocycles. The molecule has 2 aliphatic heterocycles. The van der Waals surface area contributed by atoms with Gasteiger partial charge >= 0.3 is 0 Å². The number of morpholine rings is 1. The first-order valence-corrected chi connectivity index (χ1v) is 12.1. The number of hydrogen-bond donors (Lipinski definition) is 4. The lowest BCUT2D eigenvalue weighted by Crippen LogP contribution is -2.42. The number of hydrogen-bond acceptors (Lipinski definition) is 10. The fourth-order valence-electron chi connectivity index (χ4n) is 4.40. The Morgan fingerprint density at radius 3 is 2.72 bits per heavy atom. The summed E-state index contributed by atoms with van der Waals surface area (Å²) < 4.78 is 19.5. The standard InChI is InChI=1S/C25H30FN9O/c1-17-12-19(4-5-22(17)18-6-7-29-30-13-18)32-21-3-2-20(27-14-21)15-31-34-25-28-16-23(26)24(33-25)35-8-10-36-11-9-35/h2-5,12,14-16,18,29-30,32H,6-11,13H2,1H3,(H,28,33,34)/b31-15+. The first-order valence-electron chi connectivity index (χ1n) is 12.1. The summed E-state index contributed by atoms with van der Waals surface area (Å²) in [4.78, 5) is 14.5. The van der Waals surface area contributed by atoms with Gasteiger partial charge in [-0.15, -0.1) is 0 Å². The van der Waals surface area contributed by atoms with Crippen LogP contribution in [0.5, 0.6) is 0 Å². The van der Waals surface area contributed by atoms with E-state index in [0.717, 1.165) is 37.1 Å². The fraction of sp³-hybridized carbons (Fsp3) is 0.360. The van der Waals surface area contributed by atoms with Gasteiger partial charge in [-0.05, 0) is 54.7 Å². The highest BCUT2D eigenvalue weighted by Gasteiger charge is 2.18. The van der Waals surface area contributed by atoms with Crippen LogP contribution in [0.25, 0.3) is 0 Å². The van der Waals surface area contributed by atoms with Gasteiger partial charge < -0.3 is 15.0 Å². The van der Waals surface area contributed by atoms with E-state index in [1.165, 1.54) is 11.1 Å². The quantitative estimate of drug-likeness (QED) is 0.293. The maximum absolute atomic E-state index is 14.2. The monoisotopic (exact) mass is 491 g/mol. The molecule has 1 unspecified atom stereocenters. The van der Waals surface area contributed by atoms with Crippen LogP contribution < -0.4 is 26.5 Å². The summed E-state index contributed by atoms with van der Waals surface area (Å²) in [6.45, 7) is 6.33. The van der Waals surface area contributed by atoms with Crippen LogP contribution in [0.2, 0.25) is 0 Å². The molecular formula is C25H30FN9O. The van der Waals surface area contributed by atoms with Crippen molar-refractivity contribution in [3.63, 3.8) is 0 Å². The molecule has 0 radical (unpaired) electrons. The van der Waals surface area contributed by atoms with E-state index in [-0.39, 0.29) is 11.8 Å². The Balaban J connectivity index is 1.18. The fourth-order valence-corrected chi connectivity index (χ4v) is 4.40. The zero-order chi connectivity index (χ0) is 24.7. The molecule has 0 saturated carbocycles. The summed E-state index contributed by atoms with van der Waals surface area (Å²) in [6, 6.07) is 10.3. The van der Waals surface area contributed by atoms with E-state index >= 15 is 0 Å². The van der Waals surface area contributed by atoms with Crippen molar-refractivity contribution in [2.45, 2.75) is 19.3 Å². The van der Waals surface area contributed by atoms with Crippen LogP contribution in [-0.4, -0.2) is 60.6 Å². The van der Waals surface area contributed by atoms with Crippen molar-refractivity contribution in [2.75, 3.05) is 55.0 Å². The Morgan fingerprint density at radius 1 is 1.11 bits per heavy atom. The normalized spacial score (nSPS) is 18.4. The van der Waals surface area contributed by atoms with Crippen LogP contribution in [0, 0.1) is 12.7 Å². The highest BCUT2D eigenvalue weighted by atomic mass is 19.1. The molecule has 2 saturated heterocycles. The van der Waals surface area contributed by atoms with Crippen LogP contribution >= 0.6 is 0 Å². The van der Waals surface area contributed by atoms with E-state index in [9.17, 15) is 4.39 Å². The minimum Gasteiger partial charge on any atom is -0.378 e. The molecule has 10 nitrogen and oxygen atoms in total. The van der Waals surface area contributed by atoms with Crippen molar-refractivity contribution in [2.24, 2.45) is 5.10 Å². The number of nitrogens with zero attached hydrogens (tertiary/aromatic N) is 5. The molecule has 36 heavy (non-hydrogen) atoms. The van der Waals surface area contributed by atoms with E-state index in [1.807, 2.05) is 17.0 Å². The third kappa shape index (κ3) is 5.93. The maximum atomic E-state index is 14.2. The second kappa shape index (κ2) is 11.4. The molecule has 0 aliphatic carbocycles. The highest BCUT2D eigenvalue weighted by molar-refractivity contribution is 5.78. The first-order chi connectivity index (χ1) is 17.7. The zero-order valence-electron chi connectivity index (χ0n) is 20.2. The predicted molar refractivity (Wildman–Crippen MR) is 138 cm³/mol. The second-order valence-electron chi connectivity index (χ2n) is 8.80. The molecule has 2 aliphatic rings. The summed E-state index contributed by atoms with van der Waals surface area (Å²) in [7, 11) is 0. The molecule has 5 rings (SSSR count). The third-order valence-electron chi connectivity index (χ3n) is 6.27. The van der Waals surface area contributed by atoms with Gasteiger partial charge in [-0.2, -0.15) is 10.1 Å². The number of benzene rings is 1. The van der Waals surface area contributed by atoms with Crippen molar-refractivity contribution in [1.82, 2.24) is 25.8 Å². The molecule has 4 N–H and O–H groups in total. The summed E-state index contributed by atoms with van der Waals surface area (Å²) >= 11 is 0. The molecule has 1 atom stereocenters. The van der Waals surface area contributed by atoms with Gasteiger partial charge in [-0.1, -0.05) is 6.07 Å². The van der Waals surface area contributed by atoms with Gasteiger partial charge in [0.1, 0.15) is 0 Å². The van der Waals surface area contributed by atoms with Gasteiger partial charge in [-0.25, -0.2) is 14.8 Å². The number of rotatable bonds is 7. The number of hydrazone groups is 1. The van der Waals surface area contributed by atoms with Crippen molar-refractivity contribution in [3.8, 4) is 0 Å². The van der Waals surface area contributed by atoms with Gasteiger partial charge in [0.2, 0.25) is 5.95 Å². The number of ether oxygens (including phenoxy) is 1. The number of hydrazine groups is 1. The average molecular weight is 492 g/mol. The number of nitrogens with one attached hydrogen (secondary N) is 4. The molecule has 3 aromatic rings. The molecule has 188 valence electrons. The lowest BCUT2D eigenvalue weighted by Gasteiger charge is -2.27. The second-order valence-corrected chi connectivity index (χ2v) is 8.80. The summed E-state index contributed by atoms with van der Waals surface area (Å²) in [6.07, 6.45) is 5.60. The molecular weight excluding hydrogens is 461 g/mol. The minimum absolute atomic E-state index is 0.214. The van der Waals surface area contributed by atoms with Gasteiger partial charge in [-0.3, -0.25) is 15.8 Å². The van der Waals surface area contributed by atoms with Crippen LogP contribution in [-0.2, 0) is 4.74 Å². The van der Waals surface area contributed by atoms with Crippen LogP contribution in [0.4, 0.5) is 27.5 Å². The van der Waals surface area contributed by atoms with Crippen LogP contribution in [0.15, 0.2) is 47.8 Å². The number of anilines is 4. The van der Waals surface area contributed by atoms with E-state index in [2.05, 4.69) is 66.8 Å². The zero-order valence-corrected chi connectivity index (χ0v) is 20.2. The molecule has 2 aromatic heterocycles. The summed E-state index contributed by atoms with van der Waals surface area (Å²) in [5.74, 6) is 0.520. The Labute approximate surface area is 209 Å². The van der Waals surface area contributed by atoms with Crippen LogP contribution in [0.3, 0.4) is 0 Å². The largest absolute Gasteiger partial charge is 0.378 e. The lowest BCUT2D eigenvalue weighted by atomic mass is 9.91. The van der Waals surface area contributed by atoms with Gasteiger partial charge in [0.15, 0.2) is 11.6 Å². The minimum atomic E-state index is -0.468. The number of halogens is 1. The number of aromatic nitrogens is 3. The van der Waals surface area contributed by atoms with E-state index in [1.54, 1.807) is 12.4 Å². The Morgan fingerprint density at radius 2 is 1.97 bits per heavy atom. The van der Waals surface area contributed by atoms with Gasteiger partial charge in [0.05, 0.1) is 43.2 Å². The number of aryl methyl sites for hydroxylation is 1. The summed E-state index contributed by atoms with van der Waals surface area (Å²) in [5.41, 5.74) is 14.4. The Kier molecular flexibility index (Phi) is 7.60. The van der Waals surface area contributed by atoms with E-state index in [0.29, 0.717) is 37.9 Å². The molecule has 0 bridgehead atoms. The highest BCUT2D eigenvalue weighted by Crippen LogP contribution is 2.27. The Bertz CT molecular complexity index is 1190. The summed E-state index contributed by atoms with van der Waals surface area (Å²) in [5, 5.41) is 7.56. The van der Waals surface area contributed by atoms with Crippen molar-refractivity contribution >= 4 is 29.4 Å². The average Bonchev–Trinajstić information content (AvgIpc) is 2.92. The van der Waals surface area contributed by atoms with Gasteiger partial charge in [0.25, 0.3) is 0 Å². The third-order valence-corrected chi connectivity index (χ3v) is 6.27. The topological polar surface area (TPSA) is 112 Å². The van der Waals surface area contributed by atoms with Crippen molar-refractivity contribution in [1.29, 1.82) is 0 Å². The van der Waals surface area contributed by atoms with Crippen LogP contribution in [0.1, 0.15) is 29.2 Å². The SMILES string of the molecule is Cc1cc(Nc2ccc(/C=N/Nc3ncc(F)c(N4CCOCC4)n3)nc2)ccc1C1CCNNC1. The van der Waals surface area contributed by atoms with Crippen molar-refractivity contribution < 1.29 is 9.13 Å². The molecule has 0 amide bonds. The predicted octanol–water partition coefficient (Wildman–Crippen LogP) is 2.93. The smallest absolute Gasteiger partial charge is 0.245 e. The molecule has 0 spiro atoms.